The zero-order chi connectivity index (χ0) is 15.9. The van der Waals surface area contributed by atoms with Crippen LogP contribution in [0.5, 0.6) is 0 Å². The molecular formula is C16H23FN6. The predicted octanol–water partition coefficient (Wildman–Crippen LogP) is 1.40. The van der Waals surface area contributed by atoms with E-state index in [1.807, 2.05) is 24.5 Å². The van der Waals surface area contributed by atoms with Gasteiger partial charge in [-0.25, -0.2) is 14.1 Å². The van der Waals surface area contributed by atoms with Crippen molar-refractivity contribution in [3.05, 3.63) is 36.3 Å². The lowest BCUT2D eigenvalue weighted by atomic mass is 10.2. The maximum Gasteiger partial charge on any atom is 0.128 e. The van der Waals surface area contributed by atoms with E-state index in [-0.39, 0.29) is 0 Å². The van der Waals surface area contributed by atoms with Gasteiger partial charge in [0.25, 0.3) is 0 Å². The second-order valence-corrected chi connectivity index (χ2v) is 5.78. The molecule has 3 rings (SSSR count). The Morgan fingerprint density at radius 1 is 1.09 bits per heavy atom. The van der Waals surface area contributed by atoms with Crippen LogP contribution in [0.3, 0.4) is 0 Å². The van der Waals surface area contributed by atoms with Crippen LogP contribution in [0, 0.1) is 0 Å². The van der Waals surface area contributed by atoms with Crippen LogP contribution in [0.1, 0.15) is 12.1 Å². The van der Waals surface area contributed by atoms with Crippen molar-refractivity contribution in [1.82, 2.24) is 24.9 Å². The molecular weight excluding hydrogens is 295 g/mol. The van der Waals surface area contributed by atoms with E-state index in [9.17, 15) is 4.39 Å². The molecule has 1 aliphatic rings. The summed E-state index contributed by atoms with van der Waals surface area (Å²) in [7, 11) is 0. The third kappa shape index (κ3) is 4.48. The van der Waals surface area contributed by atoms with Gasteiger partial charge in [-0.05, 0) is 31.5 Å². The summed E-state index contributed by atoms with van der Waals surface area (Å²) in [5, 5.41) is 7.99. The number of pyridine rings is 1. The first-order chi connectivity index (χ1) is 11.3. The zero-order valence-electron chi connectivity index (χ0n) is 13.3. The number of piperazine rings is 1. The average Bonchev–Trinajstić information content (AvgIpc) is 3.04. The minimum absolute atomic E-state index is 0.294. The summed E-state index contributed by atoms with van der Waals surface area (Å²) in [5.74, 6) is 1.07. The van der Waals surface area contributed by atoms with E-state index in [4.69, 9.17) is 0 Å². The van der Waals surface area contributed by atoms with Crippen molar-refractivity contribution in [2.75, 3.05) is 44.3 Å². The molecule has 0 aromatic carbocycles. The fourth-order valence-electron chi connectivity index (χ4n) is 2.87. The van der Waals surface area contributed by atoms with Gasteiger partial charge in [0.2, 0.25) is 0 Å². The van der Waals surface area contributed by atoms with E-state index in [0.29, 0.717) is 6.54 Å². The fraction of sp³-hybridized carbons (Fsp3) is 0.562. The van der Waals surface area contributed by atoms with Crippen molar-refractivity contribution >= 4 is 5.82 Å². The Hall–Kier alpha value is -2.02. The van der Waals surface area contributed by atoms with Gasteiger partial charge < -0.3 is 4.90 Å². The summed E-state index contributed by atoms with van der Waals surface area (Å²) >= 11 is 0. The number of alkyl halides is 1. The molecule has 0 unspecified atom stereocenters. The molecule has 0 atom stereocenters. The van der Waals surface area contributed by atoms with E-state index in [1.165, 1.54) is 0 Å². The molecule has 0 amide bonds. The Labute approximate surface area is 135 Å². The molecule has 0 radical (unpaired) electrons. The van der Waals surface area contributed by atoms with Crippen LogP contribution >= 0.6 is 0 Å². The molecule has 0 spiro atoms. The molecule has 1 fully saturated rings. The Kier molecular flexibility index (Phi) is 5.52. The maximum absolute atomic E-state index is 12.2. The minimum Gasteiger partial charge on any atom is -0.354 e. The van der Waals surface area contributed by atoms with Crippen molar-refractivity contribution in [2.45, 2.75) is 19.4 Å². The number of aromatic nitrogens is 4. The summed E-state index contributed by atoms with van der Waals surface area (Å²) in [6.45, 7) is 5.11. The van der Waals surface area contributed by atoms with Crippen LogP contribution in [-0.2, 0) is 13.0 Å². The summed E-state index contributed by atoms with van der Waals surface area (Å²) < 4.78 is 13.8. The molecule has 23 heavy (non-hydrogen) atoms. The molecule has 7 heteroatoms. The molecule has 3 heterocycles. The molecule has 0 aliphatic carbocycles. The third-order valence-corrected chi connectivity index (χ3v) is 4.15. The Bertz CT molecular complexity index is 579. The standard InChI is InChI=1S/C16H23FN6/c17-6-9-23-14-15(19-20-23)4-3-8-21-10-12-22(13-11-21)16-5-1-2-7-18-16/h1-2,5,7,14H,3-4,6,8-13H2. The number of hydrogen-bond acceptors (Lipinski definition) is 5. The van der Waals surface area contributed by atoms with Crippen LogP contribution in [0.2, 0.25) is 0 Å². The molecule has 0 N–H and O–H groups in total. The second kappa shape index (κ2) is 8.01. The molecule has 0 bridgehead atoms. The summed E-state index contributed by atoms with van der Waals surface area (Å²) in [6, 6.07) is 6.05. The lowest BCUT2D eigenvalue weighted by Crippen LogP contribution is -2.47. The van der Waals surface area contributed by atoms with Gasteiger partial charge in [0.05, 0.1) is 12.2 Å². The van der Waals surface area contributed by atoms with Crippen LogP contribution < -0.4 is 4.90 Å². The molecule has 2 aromatic heterocycles. The van der Waals surface area contributed by atoms with Crippen molar-refractivity contribution in [2.24, 2.45) is 0 Å². The number of aryl methyl sites for hydroxylation is 2. The van der Waals surface area contributed by atoms with Crippen LogP contribution in [0.4, 0.5) is 10.2 Å². The number of anilines is 1. The van der Waals surface area contributed by atoms with Gasteiger partial charge in [0.1, 0.15) is 12.5 Å². The van der Waals surface area contributed by atoms with E-state index in [2.05, 4.69) is 31.2 Å². The zero-order valence-corrected chi connectivity index (χ0v) is 13.3. The largest absolute Gasteiger partial charge is 0.354 e. The van der Waals surface area contributed by atoms with Crippen molar-refractivity contribution < 1.29 is 4.39 Å². The lowest BCUT2D eigenvalue weighted by Gasteiger charge is -2.35. The van der Waals surface area contributed by atoms with E-state index >= 15 is 0 Å². The highest BCUT2D eigenvalue weighted by molar-refractivity contribution is 5.38. The Balaban J connectivity index is 1.37. The first-order valence-electron chi connectivity index (χ1n) is 8.18. The molecule has 124 valence electrons. The van der Waals surface area contributed by atoms with Gasteiger partial charge in [-0.1, -0.05) is 11.3 Å². The van der Waals surface area contributed by atoms with E-state index in [0.717, 1.165) is 57.1 Å². The minimum atomic E-state index is -0.399. The van der Waals surface area contributed by atoms with Crippen molar-refractivity contribution in [3.8, 4) is 0 Å². The van der Waals surface area contributed by atoms with Crippen LogP contribution in [0.25, 0.3) is 0 Å². The molecule has 0 saturated carbocycles. The Morgan fingerprint density at radius 2 is 1.96 bits per heavy atom. The normalized spacial score (nSPS) is 16.0. The highest BCUT2D eigenvalue weighted by Crippen LogP contribution is 2.12. The second-order valence-electron chi connectivity index (χ2n) is 5.78. The highest BCUT2D eigenvalue weighted by Gasteiger charge is 2.17. The topological polar surface area (TPSA) is 50.1 Å². The number of nitrogens with zero attached hydrogens (tertiary/aromatic N) is 6. The third-order valence-electron chi connectivity index (χ3n) is 4.15. The molecule has 2 aromatic rings. The van der Waals surface area contributed by atoms with E-state index < -0.39 is 6.67 Å². The highest BCUT2D eigenvalue weighted by atomic mass is 19.1. The smallest absolute Gasteiger partial charge is 0.128 e. The van der Waals surface area contributed by atoms with Crippen molar-refractivity contribution in [1.29, 1.82) is 0 Å². The first kappa shape index (κ1) is 15.9. The summed E-state index contributed by atoms with van der Waals surface area (Å²) in [4.78, 5) is 9.22. The van der Waals surface area contributed by atoms with Gasteiger partial charge in [-0.3, -0.25) is 4.90 Å². The Morgan fingerprint density at radius 3 is 2.70 bits per heavy atom. The monoisotopic (exact) mass is 318 g/mol. The maximum atomic E-state index is 12.2. The number of halogens is 1. The molecule has 1 saturated heterocycles. The van der Waals surface area contributed by atoms with Crippen LogP contribution in [-0.4, -0.2) is 64.3 Å². The molecule has 6 nitrogen and oxygen atoms in total. The first-order valence-corrected chi connectivity index (χ1v) is 8.18. The van der Waals surface area contributed by atoms with E-state index in [1.54, 1.807) is 4.68 Å². The average molecular weight is 318 g/mol. The number of hydrogen-bond donors (Lipinski definition) is 0. The lowest BCUT2D eigenvalue weighted by molar-refractivity contribution is 0.254. The van der Waals surface area contributed by atoms with Crippen LogP contribution in [0.15, 0.2) is 30.6 Å². The summed E-state index contributed by atoms with van der Waals surface area (Å²) in [6.07, 6.45) is 5.64. The van der Waals surface area contributed by atoms with Gasteiger partial charge in [-0.2, -0.15) is 0 Å². The van der Waals surface area contributed by atoms with Gasteiger partial charge in [0, 0.05) is 38.6 Å². The van der Waals surface area contributed by atoms with Gasteiger partial charge in [-0.15, -0.1) is 5.10 Å². The summed E-state index contributed by atoms with van der Waals surface area (Å²) in [5.41, 5.74) is 0.950. The van der Waals surface area contributed by atoms with Gasteiger partial charge >= 0.3 is 0 Å². The van der Waals surface area contributed by atoms with Gasteiger partial charge in [0.15, 0.2) is 0 Å². The molecule has 1 aliphatic heterocycles. The predicted molar refractivity (Wildman–Crippen MR) is 87.2 cm³/mol. The SMILES string of the molecule is FCCn1cc(CCCN2CCN(c3ccccn3)CC2)nn1. The quantitative estimate of drug-likeness (QED) is 0.772. The number of rotatable bonds is 7. The fourth-order valence-corrected chi connectivity index (χ4v) is 2.87. The van der Waals surface area contributed by atoms with Crippen molar-refractivity contribution in [3.63, 3.8) is 0 Å².